The molecule has 0 fully saturated rings. The lowest BCUT2D eigenvalue weighted by atomic mass is 10.2. The van der Waals surface area contributed by atoms with Crippen LogP contribution in [0, 0.1) is 0 Å². The SMILES string of the molecule is CCn1cc(Br)c(-c2ccnc3cc(C(=O)Nc4cccc(Cn5cc(Cl)cn5)c4)nn23)n1. The van der Waals surface area contributed by atoms with Gasteiger partial charge in [0.2, 0.25) is 0 Å². The molecular formula is C22H18BrClN8O. The lowest BCUT2D eigenvalue weighted by Crippen LogP contribution is -2.13. The molecule has 5 aromatic rings. The van der Waals surface area contributed by atoms with Crippen molar-refractivity contribution in [3.8, 4) is 11.4 Å². The molecule has 4 heterocycles. The fourth-order valence-corrected chi connectivity index (χ4v) is 4.15. The maximum Gasteiger partial charge on any atom is 0.276 e. The van der Waals surface area contributed by atoms with E-state index in [1.807, 2.05) is 48.1 Å². The summed E-state index contributed by atoms with van der Waals surface area (Å²) in [5.74, 6) is -0.330. The Kier molecular flexibility index (Phi) is 5.69. The Labute approximate surface area is 202 Å². The van der Waals surface area contributed by atoms with Crippen LogP contribution in [0.15, 0.2) is 65.7 Å². The van der Waals surface area contributed by atoms with E-state index in [-0.39, 0.29) is 11.6 Å². The van der Waals surface area contributed by atoms with E-state index in [4.69, 9.17) is 11.6 Å². The van der Waals surface area contributed by atoms with Crippen molar-refractivity contribution in [1.29, 1.82) is 0 Å². The smallest absolute Gasteiger partial charge is 0.276 e. The third-order valence-corrected chi connectivity index (χ3v) is 5.78. The van der Waals surface area contributed by atoms with Gasteiger partial charge in [-0.2, -0.15) is 15.3 Å². The Morgan fingerprint density at radius 3 is 2.79 bits per heavy atom. The summed E-state index contributed by atoms with van der Waals surface area (Å²) in [6.07, 6.45) is 6.92. The number of carbonyl (C=O) groups is 1. The molecule has 5 rings (SSSR count). The van der Waals surface area contributed by atoms with Crippen LogP contribution in [0.1, 0.15) is 23.0 Å². The van der Waals surface area contributed by atoms with Gasteiger partial charge in [-0.3, -0.25) is 14.2 Å². The standard InChI is InChI=1S/C22H18BrClN8O/c1-2-30-13-17(23)21(29-30)19-6-7-25-20-9-18(28-32(19)20)22(33)27-16-5-3-4-14(8-16)11-31-12-15(24)10-26-31/h3-10,12-13H,2,11H2,1H3,(H,27,33). The first-order valence-electron chi connectivity index (χ1n) is 10.2. The van der Waals surface area contributed by atoms with Crippen LogP contribution in [-0.2, 0) is 13.1 Å². The predicted molar refractivity (Wildman–Crippen MR) is 128 cm³/mol. The van der Waals surface area contributed by atoms with Crippen LogP contribution >= 0.6 is 27.5 Å². The number of aromatic nitrogens is 7. The van der Waals surface area contributed by atoms with E-state index in [9.17, 15) is 4.79 Å². The molecule has 0 aliphatic carbocycles. The van der Waals surface area contributed by atoms with Gasteiger partial charge in [-0.25, -0.2) is 9.50 Å². The molecule has 1 aromatic carbocycles. The number of halogens is 2. The van der Waals surface area contributed by atoms with E-state index in [2.05, 4.69) is 41.5 Å². The minimum Gasteiger partial charge on any atom is -0.321 e. The highest BCUT2D eigenvalue weighted by Gasteiger charge is 2.17. The Morgan fingerprint density at radius 1 is 1.15 bits per heavy atom. The second kappa shape index (κ2) is 8.80. The molecule has 1 N–H and O–H groups in total. The van der Waals surface area contributed by atoms with Crippen molar-refractivity contribution in [2.24, 2.45) is 0 Å². The number of aryl methyl sites for hydroxylation is 1. The molecule has 4 aromatic heterocycles. The minimum atomic E-state index is -0.330. The van der Waals surface area contributed by atoms with Crippen molar-refractivity contribution in [2.75, 3.05) is 5.32 Å². The van der Waals surface area contributed by atoms with Gasteiger partial charge >= 0.3 is 0 Å². The summed E-state index contributed by atoms with van der Waals surface area (Å²) < 4.78 is 6.03. The van der Waals surface area contributed by atoms with Crippen molar-refractivity contribution in [3.05, 3.63) is 81.9 Å². The highest BCUT2D eigenvalue weighted by Crippen LogP contribution is 2.27. The van der Waals surface area contributed by atoms with Crippen molar-refractivity contribution in [1.82, 2.24) is 34.2 Å². The fraction of sp³-hybridized carbons (Fsp3) is 0.136. The van der Waals surface area contributed by atoms with Gasteiger partial charge < -0.3 is 5.32 Å². The zero-order valence-electron chi connectivity index (χ0n) is 17.5. The van der Waals surface area contributed by atoms with E-state index >= 15 is 0 Å². The summed E-state index contributed by atoms with van der Waals surface area (Å²) in [6.45, 7) is 3.30. The summed E-state index contributed by atoms with van der Waals surface area (Å²) in [5.41, 5.74) is 3.90. The monoisotopic (exact) mass is 524 g/mol. The molecule has 0 atom stereocenters. The van der Waals surface area contributed by atoms with Gasteiger partial charge in [0.1, 0.15) is 5.69 Å². The normalized spacial score (nSPS) is 11.2. The molecule has 0 bridgehead atoms. The average Bonchev–Trinajstić information content (AvgIpc) is 3.51. The maximum absolute atomic E-state index is 12.9. The summed E-state index contributed by atoms with van der Waals surface area (Å²) >= 11 is 9.49. The van der Waals surface area contributed by atoms with E-state index in [1.54, 1.807) is 33.9 Å². The molecule has 1 amide bonds. The second-order valence-electron chi connectivity index (χ2n) is 7.32. The molecule has 0 aliphatic heterocycles. The second-order valence-corrected chi connectivity index (χ2v) is 8.61. The van der Waals surface area contributed by atoms with E-state index < -0.39 is 0 Å². The third-order valence-electron chi connectivity index (χ3n) is 5.01. The first-order chi connectivity index (χ1) is 16.0. The first kappa shape index (κ1) is 21.4. The average molecular weight is 526 g/mol. The number of hydrogen-bond acceptors (Lipinski definition) is 5. The van der Waals surface area contributed by atoms with E-state index in [0.29, 0.717) is 22.9 Å². The van der Waals surface area contributed by atoms with Gasteiger partial charge in [0.25, 0.3) is 5.91 Å². The molecule has 0 saturated heterocycles. The molecule has 0 radical (unpaired) electrons. The number of carbonyl (C=O) groups excluding carboxylic acids is 1. The van der Waals surface area contributed by atoms with E-state index in [1.165, 1.54) is 0 Å². The quantitative estimate of drug-likeness (QED) is 0.352. The van der Waals surface area contributed by atoms with Crippen LogP contribution in [0.3, 0.4) is 0 Å². The minimum absolute atomic E-state index is 0.255. The molecule has 0 unspecified atom stereocenters. The lowest BCUT2D eigenvalue weighted by Gasteiger charge is -2.07. The number of benzene rings is 1. The highest BCUT2D eigenvalue weighted by molar-refractivity contribution is 9.10. The molecule has 166 valence electrons. The summed E-state index contributed by atoms with van der Waals surface area (Å²) in [4.78, 5) is 17.3. The first-order valence-corrected chi connectivity index (χ1v) is 11.3. The summed E-state index contributed by atoms with van der Waals surface area (Å²) in [6, 6.07) is 11.0. The Balaban J connectivity index is 1.40. The van der Waals surface area contributed by atoms with Crippen LogP contribution < -0.4 is 5.32 Å². The van der Waals surface area contributed by atoms with Crippen LogP contribution in [-0.4, -0.2) is 40.1 Å². The van der Waals surface area contributed by atoms with Crippen LogP contribution in [0.25, 0.3) is 17.0 Å². The molecular weight excluding hydrogens is 508 g/mol. The largest absolute Gasteiger partial charge is 0.321 e. The number of nitrogens with zero attached hydrogens (tertiary/aromatic N) is 7. The number of amides is 1. The summed E-state index contributed by atoms with van der Waals surface area (Å²) in [7, 11) is 0. The lowest BCUT2D eigenvalue weighted by molar-refractivity contribution is 0.102. The Bertz CT molecular complexity index is 1470. The van der Waals surface area contributed by atoms with Crippen molar-refractivity contribution in [2.45, 2.75) is 20.0 Å². The van der Waals surface area contributed by atoms with Gasteiger partial charge in [0.05, 0.1) is 27.9 Å². The van der Waals surface area contributed by atoms with Crippen LogP contribution in [0.2, 0.25) is 5.02 Å². The Morgan fingerprint density at radius 2 is 2.03 bits per heavy atom. The number of rotatable bonds is 6. The zero-order valence-corrected chi connectivity index (χ0v) is 19.8. The number of fused-ring (bicyclic) bond motifs is 1. The topological polar surface area (TPSA) is 94.9 Å². The summed E-state index contributed by atoms with van der Waals surface area (Å²) in [5, 5.41) is 16.8. The molecule has 33 heavy (non-hydrogen) atoms. The van der Waals surface area contributed by atoms with Crippen LogP contribution in [0.4, 0.5) is 5.69 Å². The van der Waals surface area contributed by atoms with Crippen molar-refractivity contribution >= 4 is 44.8 Å². The highest BCUT2D eigenvalue weighted by atomic mass is 79.9. The number of nitrogens with one attached hydrogen (secondary N) is 1. The zero-order chi connectivity index (χ0) is 22.9. The fourth-order valence-electron chi connectivity index (χ4n) is 3.47. The van der Waals surface area contributed by atoms with Gasteiger partial charge in [0, 0.05) is 36.9 Å². The van der Waals surface area contributed by atoms with Crippen molar-refractivity contribution < 1.29 is 4.79 Å². The maximum atomic E-state index is 12.9. The Hall–Kier alpha value is -3.50. The number of anilines is 1. The molecule has 11 heteroatoms. The van der Waals surface area contributed by atoms with Gasteiger partial charge in [-0.05, 0) is 46.6 Å². The molecule has 0 aliphatic rings. The van der Waals surface area contributed by atoms with Gasteiger partial charge in [-0.15, -0.1) is 0 Å². The van der Waals surface area contributed by atoms with Crippen LogP contribution in [0.5, 0.6) is 0 Å². The number of hydrogen-bond donors (Lipinski definition) is 1. The molecule has 0 spiro atoms. The molecule has 0 saturated carbocycles. The predicted octanol–water partition coefficient (Wildman–Crippen LogP) is 4.53. The van der Waals surface area contributed by atoms with E-state index in [0.717, 1.165) is 28.0 Å². The third kappa shape index (κ3) is 4.39. The van der Waals surface area contributed by atoms with Gasteiger partial charge in [0.15, 0.2) is 11.3 Å². The van der Waals surface area contributed by atoms with Crippen molar-refractivity contribution in [3.63, 3.8) is 0 Å². The van der Waals surface area contributed by atoms with Gasteiger partial charge in [-0.1, -0.05) is 23.7 Å². The molecule has 9 nitrogen and oxygen atoms in total.